The van der Waals surface area contributed by atoms with Gasteiger partial charge in [0.05, 0.1) is 12.3 Å². The number of hydrogen-bond acceptors (Lipinski definition) is 6. The molecule has 0 saturated carbocycles. The Morgan fingerprint density at radius 3 is 2.96 bits per heavy atom. The molecule has 7 heteroatoms. The Kier molecular flexibility index (Phi) is 4.38. The molecular formula is C17H16FN3O2S. The molecule has 1 fully saturated rings. The number of halogens is 1. The molecule has 1 aliphatic heterocycles. The highest BCUT2D eigenvalue weighted by Crippen LogP contribution is 2.25. The minimum atomic E-state index is -0.271. The Balaban J connectivity index is 1.43. The summed E-state index contributed by atoms with van der Waals surface area (Å²) in [5.74, 6) is 0.238. The molecule has 24 heavy (non-hydrogen) atoms. The lowest BCUT2D eigenvalue weighted by Gasteiger charge is -2.31. The summed E-state index contributed by atoms with van der Waals surface area (Å²) in [5.41, 5.74) is 1.62. The van der Waals surface area contributed by atoms with Crippen molar-refractivity contribution in [3.63, 3.8) is 0 Å². The van der Waals surface area contributed by atoms with Gasteiger partial charge in [-0.3, -0.25) is 4.90 Å². The normalized spacial score (nSPS) is 18.8. The molecule has 0 aliphatic carbocycles. The van der Waals surface area contributed by atoms with E-state index in [0.717, 1.165) is 29.4 Å². The molecule has 1 atom stereocenters. The van der Waals surface area contributed by atoms with E-state index >= 15 is 0 Å². The quantitative estimate of drug-likeness (QED) is 0.724. The molecule has 3 aromatic rings. The van der Waals surface area contributed by atoms with E-state index in [1.54, 1.807) is 35.9 Å². The van der Waals surface area contributed by atoms with Gasteiger partial charge in [-0.25, -0.2) is 14.4 Å². The molecule has 0 spiro atoms. The smallest absolute Gasteiger partial charge is 0.226 e. The van der Waals surface area contributed by atoms with Crippen LogP contribution in [-0.2, 0) is 11.3 Å². The fourth-order valence-electron chi connectivity index (χ4n) is 2.72. The second-order valence-corrected chi connectivity index (χ2v) is 6.54. The summed E-state index contributed by atoms with van der Waals surface area (Å²) in [6.45, 7) is 3.00. The Bertz CT molecular complexity index is 789. The van der Waals surface area contributed by atoms with Gasteiger partial charge in [-0.15, -0.1) is 11.3 Å². The topological polar surface area (TPSA) is 51.4 Å². The summed E-state index contributed by atoms with van der Waals surface area (Å²) in [6, 6.07) is 6.13. The van der Waals surface area contributed by atoms with Gasteiger partial charge in [-0.1, -0.05) is 0 Å². The zero-order valence-corrected chi connectivity index (χ0v) is 13.7. The largest absolute Gasteiger partial charge is 0.444 e. The first kappa shape index (κ1) is 15.4. The highest BCUT2D eigenvalue weighted by Gasteiger charge is 2.24. The fourth-order valence-corrected chi connectivity index (χ4v) is 3.40. The number of hydrogen-bond donors (Lipinski definition) is 0. The number of nitrogens with zero attached hydrogens (tertiary/aromatic N) is 3. The first-order valence-corrected chi connectivity index (χ1v) is 8.59. The van der Waals surface area contributed by atoms with Gasteiger partial charge in [0.25, 0.3) is 0 Å². The van der Waals surface area contributed by atoms with Crippen LogP contribution in [0.15, 0.2) is 46.5 Å². The maximum Gasteiger partial charge on any atom is 0.226 e. The van der Waals surface area contributed by atoms with Crippen LogP contribution in [0.5, 0.6) is 0 Å². The second kappa shape index (κ2) is 6.80. The van der Waals surface area contributed by atoms with Gasteiger partial charge in [-0.2, -0.15) is 0 Å². The maximum atomic E-state index is 13.0. The Hall–Kier alpha value is -2.09. The number of ether oxygens (including phenoxy) is 1. The maximum absolute atomic E-state index is 13.0. The summed E-state index contributed by atoms with van der Waals surface area (Å²) >= 11 is 1.61. The number of morpholine rings is 1. The number of oxazole rings is 1. The molecule has 1 aromatic carbocycles. The average molecular weight is 345 g/mol. The van der Waals surface area contributed by atoms with Crippen LogP contribution in [0.25, 0.3) is 11.5 Å². The van der Waals surface area contributed by atoms with E-state index in [9.17, 15) is 4.39 Å². The molecule has 4 rings (SSSR count). The van der Waals surface area contributed by atoms with Crippen molar-refractivity contribution in [3.05, 3.63) is 58.6 Å². The molecule has 2 aromatic heterocycles. The fraction of sp³-hybridized carbons (Fsp3) is 0.294. The Morgan fingerprint density at radius 1 is 1.29 bits per heavy atom. The van der Waals surface area contributed by atoms with Crippen molar-refractivity contribution in [3.8, 4) is 11.5 Å². The summed E-state index contributed by atoms with van der Waals surface area (Å²) in [7, 11) is 0. The lowest BCUT2D eigenvalue weighted by Crippen LogP contribution is -2.37. The van der Waals surface area contributed by atoms with Gasteiger partial charge in [0.1, 0.15) is 23.2 Å². The number of thiazole rings is 1. The van der Waals surface area contributed by atoms with Gasteiger partial charge in [0.2, 0.25) is 5.89 Å². The van der Waals surface area contributed by atoms with E-state index in [4.69, 9.17) is 9.15 Å². The summed E-state index contributed by atoms with van der Waals surface area (Å²) < 4.78 is 24.3. The van der Waals surface area contributed by atoms with Crippen LogP contribution in [-0.4, -0.2) is 34.6 Å². The third-order valence-electron chi connectivity index (χ3n) is 3.91. The standard InChI is InChI=1S/C17H16FN3O2S/c18-13-3-1-12(2-4-13)16-20-14(11-23-16)9-21-6-7-22-15(10-21)17-19-5-8-24-17/h1-5,8,11,15H,6-7,9-10H2. The van der Waals surface area contributed by atoms with E-state index in [1.807, 2.05) is 5.38 Å². The molecular weight excluding hydrogens is 329 g/mol. The number of benzene rings is 1. The minimum absolute atomic E-state index is 0.0159. The second-order valence-electron chi connectivity index (χ2n) is 5.62. The molecule has 1 saturated heterocycles. The molecule has 1 aliphatic rings. The van der Waals surface area contributed by atoms with E-state index in [1.165, 1.54) is 12.1 Å². The predicted molar refractivity (Wildman–Crippen MR) is 88.0 cm³/mol. The zero-order chi connectivity index (χ0) is 16.4. The van der Waals surface area contributed by atoms with Gasteiger partial charge in [0.15, 0.2) is 0 Å². The predicted octanol–water partition coefficient (Wildman–Crippen LogP) is 3.51. The molecule has 0 N–H and O–H groups in total. The number of aromatic nitrogens is 2. The van der Waals surface area contributed by atoms with Crippen molar-refractivity contribution in [1.82, 2.24) is 14.9 Å². The van der Waals surface area contributed by atoms with Gasteiger partial charge >= 0.3 is 0 Å². The van der Waals surface area contributed by atoms with Crippen LogP contribution >= 0.6 is 11.3 Å². The zero-order valence-electron chi connectivity index (χ0n) is 12.9. The average Bonchev–Trinajstić information content (AvgIpc) is 3.28. The van der Waals surface area contributed by atoms with Gasteiger partial charge in [-0.05, 0) is 24.3 Å². The molecule has 0 amide bonds. The molecule has 5 nitrogen and oxygen atoms in total. The highest BCUT2D eigenvalue weighted by atomic mass is 32.1. The monoisotopic (exact) mass is 345 g/mol. The molecule has 3 heterocycles. The van der Waals surface area contributed by atoms with E-state index in [-0.39, 0.29) is 11.9 Å². The molecule has 0 radical (unpaired) electrons. The van der Waals surface area contributed by atoms with Gasteiger partial charge in [0, 0.05) is 36.8 Å². The third kappa shape index (κ3) is 3.38. The highest BCUT2D eigenvalue weighted by molar-refractivity contribution is 7.09. The van der Waals surface area contributed by atoms with Crippen molar-refractivity contribution in [1.29, 1.82) is 0 Å². The van der Waals surface area contributed by atoms with Crippen LogP contribution in [0.4, 0.5) is 4.39 Å². The van der Waals surface area contributed by atoms with E-state index < -0.39 is 0 Å². The van der Waals surface area contributed by atoms with Crippen molar-refractivity contribution in [2.24, 2.45) is 0 Å². The lowest BCUT2D eigenvalue weighted by atomic mass is 10.2. The molecule has 0 bridgehead atoms. The Morgan fingerprint density at radius 2 is 2.17 bits per heavy atom. The van der Waals surface area contributed by atoms with Crippen LogP contribution in [0.3, 0.4) is 0 Å². The van der Waals surface area contributed by atoms with Crippen molar-refractivity contribution in [2.45, 2.75) is 12.6 Å². The third-order valence-corrected chi connectivity index (χ3v) is 4.77. The first-order chi connectivity index (χ1) is 11.8. The van der Waals surface area contributed by atoms with Gasteiger partial charge < -0.3 is 9.15 Å². The molecule has 1 unspecified atom stereocenters. The van der Waals surface area contributed by atoms with Crippen molar-refractivity contribution >= 4 is 11.3 Å². The van der Waals surface area contributed by atoms with Crippen molar-refractivity contribution < 1.29 is 13.5 Å². The SMILES string of the molecule is Fc1ccc(-c2nc(CN3CCOC(c4nccs4)C3)co2)cc1. The van der Waals surface area contributed by atoms with Crippen LogP contribution in [0.1, 0.15) is 16.8 Å². The molecule has 124 valence electrons. The Labute approximate surface area is 142 Å². The summed E-state index contributed by atoms with van der Waals surface area (Å²) in [4.78, 5) is 11.1. The van der Waals surface area contributed by atoms with Crippen LogP contribution < -0.4 is 0 Å². The number of rotatable bonds is 4. The first-order valence-electron chi connectivity index (χ1n) is 7.71. The minimum Gasteiger partial charge on any atom is -0.444 e. The van der Waals surface area contributed by atoms with Crippen LogP contribution in [0, 0.1) is 5.82 Å². The van der Waals surface area contributed by atoms with Crippen LogP contribution in [0.2, 0.25) is 0 Å². The summed E-state index contributed by atoms with van der Waals surface area (Å²) in [5, 5.41) is 2.97. The van der Waals surface area contributed by atoms with E-state index in [0.29, 0.717) is 19.0 Å². The van der Waals surface area contributed by atoms with Crippen molar-refractivity contribution in [2.75, 3.05) is 19.7 Å². The van der Waals surface area contributed by atoms with E-state index in [2.05, 4.69) is 14.9 Å². The summed E-state index contributed by atoms with van der Waals surface area (Å²) in [6.07, 6.45) is 3.48. The lowest BCUT2D eigenvalue weighted by molar-refractivity contribution is -0.0333.